The molecule has 0 radical (unpaired) electrons. The molecule has 0 saturated heterocycles. The van der Waals surface area contributed by atoms with Crippen molar-refractivity contribution < 1.29 is 0 Å². The van der Waals surface area contributed by atoms with Crippen LogP contribution in [0.2, 0.25) is 0 Å². The predicted molar refractivity (Wildman–Crippen MR) is 73.4 cm³/mol. The molecule has 0 aliphatic heterocycles. The molecule has 0 saturated carbocycles. The van der Waals surface area contributed by atoms with Crippen LogP contribution >= 0.6 is 0 Å². The number of rotatable bonds is 4. The Bertz CT molecular complexity index is 364. The lowest BCUT2D eigenvalue weighted by Gasteiger charge is -2.20. The van der Waals surface area contributed by atoms with Gasteiger partial charge in [-0.3, -0.25) is 0 Å². The van der Waals surface area contributed by atoms with E-state index in [2.05, 4.69) is 62.9 Å². The summed E-state index contributed by atoms with van der Waals surface area (Å²) in [6.07, 6.45) is 0.933. The maximum atomic E-state index is 4.68. The highest BCUT2D eigenvalue weighted by molar-refractivity contribution is 5.37. The zero-order chi connectivity index (χ0) is 13.1. The van der Waals surface area contributed by atoms with E-state index in [4.69, 9.17) is 0 Å². The maximum absolute atomic E-state index is 4.68. The van der Waals surface area contributed by atoms with Crippen molar-refractivity contribution in [3.05, 3.63) is 17.6 Å². The van der Waals surface area contributed by atoms with Gasteiger partial charge in [-0.1, -0.05) is 34.6 Å². The lowest BCUT2D eigenvalue weighted by molar-refractivity contribution is 0.551. The predicted octanol–water partition coefficient (Wildman–Crippen LogP) is 3.40. The summed E-state index contributed by atoms with van der Waals surface area (Å²) in [4.78, 5) is 9.23. The number of nitrogens with one attached hydrogen (secondary N) is 1. The van der Waals surface area contributed by atoms with Crippen LogP contribution in [-0.2, 0) is 11.8 Å². The molecule has 0 amide bonds. The molecule has 1 aromatic heterocycles. The van der Waals surface area contributed by atoms with Crippen LogP contribution in [0.15, 0.2) is 6.07 Å². The van der Waals surface area contributed by atoms with E-state index in [-0.39, 0.29) is 5.41 Å². The number of anilines is 1. The van der Waals surface area contributed by atoms with Crippen molar-refractivity contribution in [2.75, 3.05) is 11.9 Å². The van der Waals surface area contributed by atoms with Gasteiger partial charge in [0.25, 0.3) is 0 Å². The summed E-state index contributed by atoms with van der Waals surface area (Å²) in [5, 5.41) is 3.28. The van der Waals surface area contributed by atoms with Crippen LogP contribution in [0.3, 0.4) is 0 Å². The minimum Gasteiger partial charge on any atom is -0.370 e. The quantitative estimate of drug-likeness (QED) is 0.869. The first-order valence-electron chi connectivity index (χ1n) is 6.45. The van der Waals surface area contributed by atoms with Crippen LogP contribution < -0.4 is 5.32 Å². The van der Waals surface area contributed by atoms with Crippen LogP contribution in [-0.4, -0.2) is 16.5 Å². The molecule has 1 N–H and O–H groups in total. The van der Waals surface area contributed by atoms with Gasteiger partial charge in [-0.2, -0.15) is 0 Å². The molecule has 3 nitrogen and oxygen atoms in total. The molecule has 0 spiro atoms. The molecule has 96 valence electrons. The van der Waals surface area contributed by atoms with E-state index in [1.165, 1.54) is 0 Å². The molecule has 17 heavy (non-hydrogen) atoms. The topological polar surface area (TPSA) is 37.8 Å². The second-order valence-electron chi connectivity index (χ2n) is 5.93. The zero-order valence-electron chi connectivity index (χ0n) is 12.0. The highest BCUT2D eigenvalue weighted by atomic mass is 15.0. The summed E-state index contributed by atoms with van der Waals surface area (Å²) in [6, 6.07) is 2.06. The van der Waals surface area contributed by atoms with Crippen LogP contribution in [0.1, 0.15) is 53.1 Å². The normalized spacial score (nSPS) is 11.9. The third-order valence-electron chi connectivity index (χ3n) is 2.49. The molecule has 0 atom stereocenters. The average molecular weight is 235 g/mol. The standard InChI is InChI=1S/C14H25N3/c1-7-15-12-9-11(14(4,5)6)16-13(17-12)8-10(2)3/h9-10H,7-8H2,1-6H3,(H,15,16,17). The minimum atomic E-state index is 0.0683. The molecule has 1 rings (SSSR count). The Morgan fingerprint density at radius 1 is 1.24 bits per heavy atom. The van der Waals surface area contributed by atoms with Crippen molar-refractivity contribution in [2.45, 2.75) is 53.4 Å². The van der Waals surface area contributed by atoms with Crippen molar-refractivity contribution in [3.63, 3.8) is 0 Å². The van der Waals surface area contributed by atoms with Crippen LogP contribution in [0.5, 0.6) is 0 Å². The van der Waals surface area contributed by atoms with Gasteiger partial charge < -0.3 is 5.32 Å². The van der Waals surface area contributed by atoms with Crippen molar-refractivity contribution in [2.24, 2.45) is 5.92 Å². The lowest BCUT2D eigenvalue weighted by atomic mass is 9.91. The first kappa shape index (κ1) is 13.9. The van der Waals surface area contributed by atoms with E-state index < -0.39 is 0 Å². The van der Waals surface area contributed by atoms with E-state index >= 15 is 0 Å². The molecule has 0 unspecified atom stereocenters. The Hall–Kier alpha value is -1.12. The molecule has 0 aromatic carbocycles. The van der Waals surface area contributed by atoms with Crippen molar-refractivity contribution >= 4 is 5.82 Å². The van der Waals surface area contributed by atoms with Gasteiger partial charge >= 0.3 is 0 Å². The van der Waals surface area contributed by atoms with Gasteiger partial charge in [0.2, 0.25) is 0 Å². The molecule has 1 aromatic rings. The number of hydrogen-bond donors (Lipinski definition) is 1. The summed E-state index contributed by atoms with van der Waals surface area (Å²) in [5.74, 6) is 2.48. The van der Waals surface area contributed by atoms with Crippen molar-refractivity contribution in [3.8, 4) is 0 Å². The monoisotopic (exact) mass is 235 g/mol. The van der Waals surface area contributed by atoms with Gasteiger partial charge in [-0.15, -0.1) is 0 Å². The molecule has 0 fully saturated rings. The third-order valence-corrected chi connectivity index (χ3v) is 2.49. The molecule has 0 aliphatic rings. The SMILES string of the molecule is CCNc1cc(C(C)(C)C)nc(CC(C)C)n1. The fourth-order valence-electron chi connectivity index (χ4n) is 1.61. The summed E-state index contributed by atoms with van der Waals surface area (Å²) in [5.41, 5.74) is 1.18. The molecular formula is C14H25N3. The van der Waals surface area contributed by atoms with Crippen molar-refractivity contribution in [1.82, 2.24) is 9.97 Å². The molecule has 1 heterocycles. The highest BCUT2D eigenvalue weighted by Crippen LogP contribution is 2.22. The van der Waals surface area contributed by atoms with E-state index in [0.29, 0.717) is 5.92 Å². The second-order valence-corrected chi connectivity index (χ2v) is 5.93. The fourth-order valence-corrected chi connectivity index (χ4v) is 1.61. The Labute approximate surface area is 105 Å². The summed E-state index contributed by atoms with van der Waals surface area (Å²) < 4.78 is 0. The van der Waals surface area contributed by atoms with Gasteiger partial charge in [-0.25, -0.2) is 9.97 Å². The zero-order valence-corrected chi connectivity index (χ0v) is 12.0. The van der Waals surface area contributed by atoms with E-state index in [9.17, 15) is 0 Å². The second kappa shape index (κ2) is 5.48. The van der Waals surface area contributed by atoms with Gasteiger partial charge in [0.1, 0.15) is 11.6 Å². The Kier molecular flexibility index (Phi) is 4.49. The van der Waals surface area contributed by atoms with Crippen LogP contribution in [0, 0.1) is 5.92 Å². The first-order chi connectivity index (χ1) is 7.82. The number of nitrogens with zero attached hydrogens (tertiary/aromatic N) is 2. The molecule has 0 bridgehead atoms. The van der Waals surface area contributed by atoms with E-state index in [1.54, 1.807) is 0 Å². The number of hydrogen-bond acceptors (Lipinski definition) is 3. The number of aromatic nitrogens is 2. The van der Waals surface area contributed by atoms with Gasteiger partial charge in [0.05, 0.1) is 5.69 Å². The summed E-state index contributed by atoms with van der Waals surface area (Å²) >= 11 is 0. The lowest BCUT2D eigenvalue weighted by Crippen LogP contribution is -2.17. The van der Waals surface area contributed by atoms with E-state index in [0.717, 1.165) is 30.3 Å². The molecular weight excluding hydrogens is 210 g/mol. The smallest absolute Gasteiger partial charge is 0.131 e. The van der Waals surface area contributed by atoms with Gasteiger partial charge in [0.15, 0.2) is 0 Å². The van der Waals surface area contributed by atoms with Crippen LogP contribution in [0.25, 0.3) is 0 Å². The first-order valence-corrected chi connectivity index (χ1v) is 6.45. The largest absolute Gasteiger partial charge is 0.370 e. The third kappa shape index (κ3) is 4.33. The Balaban J connectivity index is 3.09. The summed E-state index contributed by atoms with van der Waals surface area (Å²) in [7, 11) is 0. The summed E-state index contributed by atoms with van der Waals surface area (Å²) in [6.45, 7) is 13.9. The van der Waals surface area contributed by atoms with Gasteiger partial charge in [0, 0.05) is 24.4 Å². The maximum Gasteiger partial charge on any atom is 0.131 e. The molecule has 3 heteroatoms. The van der Waals surface area contributed by atoms with Crippen LogP contribution in [0.4, 0.5) is 5.82 Å². The fraction of sp³-hybridized carbons (Fsp3) is 0.714. The Morgan fingerprint density at radius 2 is 1.88 bits per heavy atom. The van der Waals surface area contributed by atoms with Gasteiger partial charge in [-0.05, 0) is 12.8 Å². The van der Waals surface area contributed by atoms with Crippen molar-refractivity contribution in [1.29, 1.82) is 0 Å². The average Bonchev–Trinajstić information content (AvgIpc) is 2.15. The van der Waals surface area contributed by atoms with E-state index in [1.807, 2.05) is 0 Å². The Morgan fingerprint density at radius 3 is 2.35 bits per heavy atom. The highest BCUT2D eigenvalue weighted by Gasteiger charge is 2.18. The molecule has 0 aliphatic carbocycles. The minimum absolute atomic E-state index is 0.0683.